The first kappa shape index (κ1) is 12.4. The van der Waals surface area contributed by atoms with Crippen LogP contribution in [-0.2, 0) is 6.54 Å². The first-order chi connectivity index (χ1) is 9.25. The number of amides is 1. The number of hydrogen-bond acceptors (Lipinski definition) is 2. The Morgan fingerprint density at radius 1 is 1.32 bits per heavy atom. The lowest BCUT2D eigenvalue weighted by atomic mass is 10.1. The van der Waals surface area contributed by atoms with Gasteiger partial charge in [-0.25, -0.2) is 0 Å². The Kier molecular flexibility index (Phi) is 3.40. The number of H-pyrrole nitrogens is 1. The predicted octanol–water partition coefficient (Wildman–Crippen LogP) is 3.92. The van der Waals surface area contributed by atoms with E-state index in [4.69, 9.17) is 0 Å². The Hall–Kier alpha value is -1.59. The van der Waals surface area contributed by atoms with E-state index in [1.807, 2.05) is 41.9 Å². The zero-order valence-corrected chi connectivity index (χ0v) is 12.3. The molecule has 0 radical (unpaired) electrons. The molecule has 0 spiro atoms. The maximum atomic E-state index is 12.2. The lowest BCUT2D eigenvalue weighted by Crippen LogP contribution is -2.22. The average Bonchev–Trinajstić information content (AvgIpc) is 3.04. The van der Waals surface area contributed by atoms with Gasteiger partial charge >= 0.3 is 0 Å². The maximum Gasteiger partial charge on any atom is 0.252 e. The highest BCUT2D eigenvalue weighted by atomic mass is 79.9. The van der Waals surface area contributed by atoms with E-state index < -0.39 is 0 Å². The molecule has 0 saturated heterocycles. The average molecular weight is 335 g/mol. The molecule has 2 aromatic heterocycles. The second-order valence-corrected chi connectivity index (χ2v) is 5.97. The van der Waals surface area contributed by atoms with Gasteiger partial charge in [-0.15, -0.1) is 11.3 Å². The second-order valence-electron chi connectivity index (χ2n) is 4.12. The first-order valence-corrected chi connectivity index (χ1v) is 7.49. The number of aromatic amines is 1. The number of carbonyl (C=O) groups is 1. The zero-order chi connectivity index (χ0) is 13.2. The van der Waals surface area contributed by atoms with Crippen molar-refractivity contribution in [2.45, 2.75) is 6.54 Å². The molecule has 0 saturated carbocycles. The van der Waals surface area contributed by atoms with E-state index >= 15 is 0 Å². The highest BCUT2D eigenvalue weighted by Crippen LogP contribution is 2.23. The summed E-state index contributed by atoms with van der Waals surface area (Å²) < 4.78 is 1.04. The number of fused-ring (bicyclic) bond motifs is 1. The van der Waals surface area contributed by atoms with Gasteiger partial charge in [0.2, 0.25) is 0 Å². The molecule has 1 amide bonds. The second kappa shape index (κ2) is 5.19. The van der Waals surface area contributed by atoms with Crippen LogP contribution < -0.4 is 5.32 Å². The van der Waals surface area contributed by atoms with Crippen LogP contribution in [0.4, 0.5) is 0 Å². The number of aromatic nitrogens is 1. The fraction of sp³-hybridized carbons (Fsp3) is 0.0714. The van der Waals surface area contributed by atoms with Crippen LogP contribution in [-0.4, -0.2) is 10.9 Å². The third kappa shape index (κ3) is 2.43. The van der Waals surface area contributed by atoms with Gasteiger partial charge < -0.3 is 10.3 Å². The van der Waals surface area contributed by atoms with Gasteiger partial charge in [0.25, 0.3) is 5.91 Å². The molecule has 2 heterocycles. The molecule has 5 heteroatoms. The first-order valence-electron chi connectivity index (χ1n) is 5.82. The van der Waals surface area contributed by atoms with E-state index in [0.29, 0.717) is 12.1 Å². The Balaban J connectivity index is 1.81. The molecule has 2 N–H and O–H groups in total. The fourth-order valence-electron chi connectivity index (χ4n) is 1.99. The molecule has 3 aromatic rings. The summed E-state index contributed by atoms with van der Waals surface area (Å²) in [5.74, 6) is -0.0505. The zero-order valence-electron chi connectivity index (χ0n) is 9.94. The van der Waals surface area contributed by atoms with E-state index in [9.17, 15) is 4.79 Å². The minimum Gasteiger partial charge on any atom is -0.361 e. The molecule has 96 valence electrons. The summed E-state index contributed by atoms with van der Waals surface area (Å²) in [7, 11) is 0. The van der Waals surface area contributed by atoms with E-state index in [1.165, 1.54) is 0 Å². The molecule has 0 aliphatic rings. The van der Waals surface area contributed by atoms with Crippen molar-refractivity contribution in [3.63, 3.8) is 0 Å². The smallest absolute Gasteiger partial charge is 0.252 e. The third-order valence-corrected chi connectivity index (χ3v) is 4.87. The van der Waals surface area contributed by atoms with Gasteiger partial charge in [-0.05, 0) is 45.6 Å². The fourth-order valence-corrected chi connectivity index (χ4v) is 3.42. The van der Waals surface area contributed by atoms with Gasteiger partial charge in [0.1, 0.15) is 0 Å². The monoisotopic (exact) mass is 334 g/mol. The quantitative estimate of drug-likeness (QED) is 0.749. The molecular formula is C14H11BrN2OS. The summed E-state index contributed by atoms with van der Waals surface area (Å²) >= 11 is 5.08. The minimum atomic E-state index is -0.0505. The van der Waals surface area contributed by atoms with Gasteiger partial charge in [0.15, 0.2) is 0 Å². The molecule has 1 aromatic carbocycles. The van der Waals surface area contributed by atoms with Gasteiger partial charge in [0, 0.05) is 32.0 Å². The van der Waals surface area contributed by atoms with Gasteiger partial charge in [-0.2, -0.15) is 0 Å². The maximum absolute atomic E-state index is 12.2. The third-order valence-electron chi connectivity index (χ3n) is 2.94. The van der Waals surface area contributed by atoms with E-state index in [2.05, 4.69) is 26.2 Å². The number of halogens is 1. The highest BCUT2D eigenvalue weighted by Gasteiger charge is 2.11. The van der Waals surface area contributed by atoms with Crippen molar-refractivity contribution >= 4 is 44.1 Å². The van der Waals surface area contributed by atoms with E-state index in [1.54, 1.807) is 11.3 Å². The minimum absolute atomic E-state index is 0.0505. The van der Waals surface area contributed by atoms with Crippen molar-refractivity contribution in [2.75, 3.05) is 0 Å². The number of rotatable bonds is 3. The SMILES string of the molecule is O=C(NCc1sccc1Br)c1cccc2[nH]ccc12. The largest absolute Gasteiger partial charge is 0.361 e. The summed E-state index contributed by atoms with van der Waals surface area (Å²) in [5, 5.41) is 5.90. The number of carbonyl (C=O) groups excluding carboxylic acids is 1. The lowest BCUT2D eigenvalue weighted by molar-refractivity contribution is 0.0953. The number of benzene rings is 1. The number of hydrogen-bond donors (Lipinski definition) is 2. The normalized spacial score (nSPS) is 10.8. The topological polar surface area (TPSA) is 44.9 Å². The van der Waals surface area contributed by atoms with Crippen molar-refractivity contribution in [1.29, 1.82) is 0 Å². The Morgan fingerprint density at radius 3 is 3.00 bits per heavy atom. The number of nitrogens with one attached hydrogen (secondary N) is 2. The molecular weight excluding hydrogens is 324 g/mol. The lowest BCUT2D eigenvalue weighted by Gasteiger charge is -2.05. The molecule has 0 fully saturated rings. The molecule has 3 rings (SSSR count). The summed E-state index contributed by atoms with van der Waals surface area (Å²) in [6.45, 7) is 0.540. The molecule has 0 atom stereocenters. The van der Waals surface area contributed by atoms with Crippen molar-refractivity contribution < 1.29 is 4.79 Å². The Labute approximate surface area is 122 Å². The highest BCUT2D eigenvalue weighted by molar-refractivity contribution is 9.10. The molecule has 3 nitrogen and oxygen atoms in total. The summed E-state index contributed by atoms with van der Waals surface area (Å²) in [6.07, 6.45) is 1.84. The van der Waals surface area contributed by atoms with Crippen LogP contribution in [0.5, 0.6) is 0 Å². The molecule has 0 bridgehead atoms. The summed E-state index contributed by atoms with van der Waals surface area (Å²) in [4.78, 5) is 16.5. The summed E-state index contributed by atoms with van der Waals surface area (Å²) in [5.41, 5.74) is 1.68. The van der Waals surface area contributed by atoms with Crippen LogP contribution in [0.2, 0.25) is 0 Å². The van der Waals surface area contributed by atoms with E-state index in [-0.39, 0.29) is 5.91 Å². The number of thiophene rings is 1. The van der Waals surface area contributed by atoms with Crippen LogP contribution in [0.15, 0.2) is 46.4 Å². The van der Waals surface area contributed by atoms with Crippen LogP contribution in [0.3, 0.4) is 0 Å². The van der Waals surface area contributed by atoms with Crippen LogP contribution >= 0.6 is 27.3 Å². The standard InChI is InChI=1S/C14H11BrN2OS/c15-11-5-7-19-13(11)8-17-14(18)10-2-1-3-12-9(10)4-6-16-12/h1-7,16H,8H2,(H,17,18). The van der Waals surface area contributed by atoms with Crippen molar-refractivity contribution in [3.05, 3.63) is 56.8 Å². The van der Waals surface area contributed by atoms with Gasteiger partial charge in [0.05, 0.1) is 6.54 Å². The van der Waals surface area contributed by atoms with Crippen LogP contribution in [0, 0.1) is 0 Å². The predicted molar refractivity (Wildman–Crippen MR) is 81.5 cm³/mol. The van der Waals surface area contributed by atoms with Crippen LogP contribution in [0.1, 0.15) is 15.2 Å². The Bertz CT molecular complexity index is 732. The molecule has 0 unspecified atom stereocenters. The van der Waals surface area contributed by atoms with Crippen molar-refractivity contribution in [1.82, 2.24) is 10.3 Å². The Morgan fingerprint density at radius 2 is 2.21 bits per heavy atom. The molecule has 0 aliphatic carbocycles. The van der Waals surface area contributed by atoms with Crippen LogP contribution in [0.25, 0.3) is 10.9 Å². The van der Waals surface area contributed by atoms with Gasteiger partial charge in [-0.1, -0.05) is 6.07 Å². The molecule has 0 aliphatic heterocycles. The molecule has 19 heavy (non-hydrogen) atoms. The van der Waals surface area contributed by atoms with Crippen molar-refractivity contribution in [3.8, 4) is 0 Å². The summed E-state index contributed by atoms with van der Waals surface area (Å²) in [6, 6.07) is 9.59. The van der Waals surface area contributed by atoms with E-state index in [0.717, 1.165) is 20.3 Å². The van der Waals surface area contributed by atoms with Crippen molar-refractivity contribution in [2.24, 2.45) is 0 Å². The van der Waals surface area contributed by atoms with Gasteiger partial charge in [-0.3, -0.25) is 4.79 Å².